The van der Waals surface area contributed by atoms with Crippen molar-refractivity contribution in [3.8, 4) is 17.6 Å². The predicted molar refractivity (Wildman–Crippen MR) is 123 cm³/mol. The van der Waals surface area contributed by atoms with Gasteiger partial charge in [0.1, 0.15) is 11.9 Å². The minimum atomic E-state index is -0.604. The second-order valence-electron chi connectivity index (χ2n) is 8.81. The fourth-order valence-corrected chi connectivity index (χ4v) is 4.70. The van der Waals surface area contributed by atoms with Crippen LogP contribution in [0.5, 0.6) is 5.75 Å². The molecule has 6 atom stereocenters. The van der Waals surface area contributed by atoms with Crippen LogP contribution in [0.3, 0.4) is 0 Å². The number of ether oxygens (including phenoxy) is 1. The normalized spacial score (nSPS) is 25.4. The second-order valence-corrected chi connectivity index (χ2v) is 8.81. The minimum Gasteiger partial charge on any atom is -0.489 e. The van der Waals surface area contributed by atoms with E-state index in [1.54, 1.807) is 13.0 Å². The van der Waals surface area contributed by atoms with Gasteiger partial charge in [-0.3, -0.25) is 4.79 Å². The first-order chi connectivity index (χ1) is 15.5. The van der Waals surface area contributed by atoms with E-state index in [1.807, 2.05) is 25.1 Å². The molecule has 0 bridgehead atoms. The summed E-state index contributed by atoms with van der Waals surface area (Å²) in [5, 5.41) is 32.6. The third-order valence-corrected chi connectivity index (χ3v) is 6.49. The van der Waals surface area contributed by atoms with Gasteiger partial charge in [0.25, 0.3) is 0 Å². The Labute approximate surface area is 190 Å². The summed E-state index contributed by atoms with van der Waals surface area (Å²) in [7, 11) is 0. The third-order valence-electron chi connectivity index (χ3n) is 6.49. The topological polar surface area (TPSA) is 99.0 Å². The maximum absolute atomic E-state index is 11.8. The number of carbonyl (C=O) groups is 1. The number of benzene rings is 1. The maximum Gasteiger partial charge on any atom is 0.220 e. The lowest BCUT2D eigenvalue weighted by Gasteiger charge is -2.19. The Hall–Kier alpha value is -2.33. The molecule has 0 aromatic heterocycles. The summed E-state index contributed by atoms with van der Waals surface area (Å²) in [6.07, 6.45) is 5.58. The zero-order chi connectivity index (χ0) is 23.1. The molecule has 1 aromatic rings. The lowest BCUT2D eigenvalue weighted by molar-refractivity contribution is -0.121. The van der Waals surface area contributed by atoms with Crippen molar-refractivity contribution in [2.45, 2.75) is 70.2 Å². The van der Waals surface area contributed by atoms with Crippen LogP contribution in [0.4, 0.5) is 0 Å². The van der Waals surface area contributed by atoms with Gasteiger partial charge in [0.05, 0.1) is 18.8 Å². The monoisotopic (exact) mass is 441 g/mol. The van der Waals surface area contributed by atoms with E-state index in [2.05, 4.69) is 23.2 Å². The van der Waals surface area contributed by atoms with Crippen LogP contribution in [0, 0.1) is 23.7 Å². The first-order valence-corrected chi connectivity index (χ1v) is 11.6. The van der Waals surface area contributed by atoms with Gasteiger partial charge in [0.15, 0.2) is 0 Å². The molecule has 1 saturated carbocycles. The fraction of sp³-hybridized carbons (Fsp3) is 0.577. The van der Waals surface area contributed by atoms with E-state index < -0.39 is 12.2 Å². The molecule has 6 heteroatoms. The molecule has 0 spiro atoms. The van der Waals surface area contributed by atoms with Crippen molar-refractivity contribution >= 4 is 5.91 Å². The zero-order valence-electron chi connectivity index (χ0n) is 19.0. The van der Waals surface area contributed by atoms with Crippen molar-refractivity contribution in [2.24, 2.45) is 11.8 Å². The van der Waals surface area contributed by atoms with Crippen LogP contribution in [0.1, 0.15) is 56.6 Å². The smallest absolute Gasteiger partial charge is 0.220 e. The number of amides is 1. The lowest BCUT2D eigenvalue weighted by atomic mass is 9.86. The van der Waals surface area contributed by atoms with E-state index in [9.17, 15) is 15.0 Å². The number of rotatable bonds is 10. The van der Waals surface area contributed by atoms with Gasteiger partial charge >= 0.3 is 0 Å². The first kappa shape index (κ1) is 24.3. The van der Waals surface area contributed by atoms with Crippen molar-refractivity contribution in [1.29, 1.82) is 0 Å². The van der Waals surface area contributed by atoms with Crippen molar-refractivity contribution in [2.75, 3.05) is 13.2 Å². The highest BCUT2D eigenvalue weighted by Crippen LogP contribution is 2.52. The number of fused-ring (bicyclic) bond motifs is 3. The van der Waals surface area contributed by atoms with E-state index in [0.29, 0.717) is 25.7 Å². The molecule has 1 amide bonds. The van der Waals surface area contributed by atoms with E-state index in [-0.39, 0.29) is 42.9 Å². The summed E-state index contributed by atoms with van der Waals surface area (Å²) in [5.41, 5.74) is 2.18. The molecule has 4 N–H and O–H groups in total. The molecule has 0 unspecified atom stereocenters. The van der Waals surface area contributed by atoms with Crippen LogP contribution < -0.4 is 10.1 Å². The Balaban J connectivity index is 1.67. The molecule has 1 aliphatic carbocycles. The van der Waals surface area contributed by atoms with Gasteiger partial charge in [-0.25, -0.2) is 0 Å². The summed E-state index contributed by atoms with van der Waals surface area (Å²) in [5.74, 6) is 6.67. The second kappa shape index (κ2) is 11.5. The molecule has 32 heavy (non-hydrogen) atoms. The molecule has 2 aliphatic rings. The number of carbonyl (C=O) groups excluding carboxylic acids is 1. The quantitative estimate of drug-likeness (QED) is 0.330. The Morgan fingerprint density at radius 1 is 1.41 bits per heavy atom. The van der Waals surface area contributed by atoms with Gasteiger partial charge in [-0.05, 0) is 31.2 Å². The van der Waals surface area contributed by atoms with Crippen LogP contribution in [-0.4, -0.2) is 52.7 Å². The Morgan fingerprint density at radius 2 is 2.22 bits per heavy atom. The van der Waals surface area contributed by atoms with E-state index in [4.69, 9.17) is 9.84 Å². The van der Waals surface area contributed by atoms with E-state index in [0.717, 1.165) is 23.3 Å². The van der Waals surface area contributed by atoms with Gasteiger partial charge in [-0.1, -0.05) is 37.3 Å². The molecule has 6 nitrogen and oxygen atoms in total. The van der Waals surface area contributed by atoms with Crippen molar-refractivity contribution in [3.05, 3.63) is 41.5 Å². The highest BCUT2D eigenvalue weighted by Gasteiger charge is 2.48. The largest absolute Gasteiger partial charge is 0.489 e. The van der Waals surface area contributed by atoms with Crippen LogP contribution >= 0.6 is 0 Å². The minimum absolute atomic E-state index is 0.0290. The Bertz CT molecular complexity index is 871. The SMILES string of the molecule is CC#CC[C@@H](C)[C@H](O)C=C[C@@H]1[C@H]2c3cccc(CCCC(=O)NCCO)c3O[C@H]2C[C@H]1O. The summed E-state index contributed by atoms with van der Waals surface area (Å²) < 4.78 is 6.28. The molecule has 1 heterocycles. The number of hydrogen-bond donors (Lipinski definition) is 4. The highest BCUT2D eigenvalue weighted by molar-refractivity contribution is 5.75. The van der Waals surface area contributed by atoms with Gasteiger partial charge < -0.3 is 25.4 Å². The van der Waals surface area contributed by atoms with Gasteiger partial charge in [-0.2, -0.15) is 0 Å². The lowest BCUT2D eigenvalue weighted by Crippen LogP contribution is -2.26. The molecule has 1 aromatic carbocycles. The maximum atomic E-state index is 11.8. The van der Waals surface area contributed by atoms with Gasteiger partial charge in [-0.15, -0.1) is 11.8 Å². The molecular formula is C26H35NO5. The molecule has 0 saturated heterocycles. The van der Waals surface area contributed by atoms with E-state index in [1.165, 1.54) is 0 Å². The summed E-state index contributed by atoms with van der Waals surface area (Å²) >= 11 is 0. The Morgan fingerprint density at radius 3 is 2.97 bits per heavy atom. The van der Waals surface area contributed by atoms with Crippen LogP contribution in [-0.2, 0) is 11.2 Å². The standard InChI is InChI=1S/C26H35NO5/c1-3-4-7-17(2)21(29)13-12-19-22(30)16-23-25(19)20-10-5-8-18(26(20)32-23)9-6-11-24(31)27-14-15-28/h5,8,10,12-13,17,19,21-23,25,28-30H,6-7,9,11,14-16H2,1-2H3,(H,27,31)/t17-,19+,21-,22-,23+,25+/m1/s1. The summed E-state index contributed by atoms with van der Waals surface area (Å²) in [4.78, 5) is 11.8. The van der Waals surface area contributed by atoms with Crippen molar-refractivity contribution in [3.63, 3.8) is 0 Å². The molecule has 1 fully saturated rings. The molecule has 174 valence electrons. The predicted octanol–water partition coefficient (Wildman–Crippen LogP) is 2.31. The average molecular weight is 442 g/mol. The summed E-state index contributed by atoms with van der Waals surface area (Å²) in [6.45, 7) is 3.99. The average Bonchev–Trinajstić information content (AvgIpc) is 3.29. The first-order valence-electron chi connectivity index (χ1n) is 11.6. The van der Waals surface area contributed by atoms with Crippen LogP contribution in [0.25, 0.3) is 0 Å². The summed E-state index contributed by atoms with van der Waals surface area (Å²) in [6, 6.07) is 6.11. The van der Waals surface area contributed by atoms with Crippen LogP contribution in [0.15, 0.2) is 30.4 Å². The fourth-order valence-electron chi connectivity index (χ4n) is 4.70. The van der Waals surface area contributed by atoms with Crippen molar-refractivity contribution in [1.82, 2.24) is 5.32 Å². The van der Waals surface area contributed by atoms with Crippen molar-refractivity contribution < 1.29 is 24.9 Å². The van der Waals surface area contributed by atoms with Crippen LogP contribution in [0.2, 0.25) is 0 Å². The number of aryl methyl sites for hydroxylation is 1. The number of aliphatic hydroxyl groups excluding tert-OH is 3. The van der Waals surface area contributed by atoms with E-state index >= 15 is 0 Å². The zero-order valence-corrected chi connectivity index (χ0v) is 19.0. The third kappa shape index (κ3) is 5.72. The Kier molecular flexibility index (Phi) is 8.75. The highest BCUT2D eigenvalue weighted by atomic mass is 16.5. The van der Waals surface area contributed by atoms with Gasteiger partial charge in [0, 0.05) is 43.2 Å². The van der Waals surface area contributed by atoms with Gasteiger partial charge in [0.2, 0.25) is 5.91 Å². The number of nitrogens with one attached hydrogen (secondary N) is 1. The molecule has 3 rings (SSSR count). The molecule has 0 radical (unpaired) electrons. The number of para-hydroxylation sites is 1. The number of hydrogen-bond acceptors (Lipinski definition) is 5. The molecular weight excluding hydrogens is 406 g/mol. The number of aliphatic hydroxyl groups is 3. The molecule has 1 aliphatic heterocycles.